The van der Waals surface area contributed by atoms with Crippen molar-refractivity contribution in [3.8, 4) is 0 Å². The van der Waals surface area contributed by atoms with Crippen molar-refractivity contribution < 1.29 is 13.6 Å². The zero-order valence-electron chi connectivity index (χ0n) is 8.79. The molecule has 0 N–H and O–H groups in total. The topological polar surface area (TPSA) is 35.5 Å². The summed E-state index contributed by atoms with van der Waals surface area (Å²) in [7, 11) is 0. The molecule has 0 aromatic heterocycles. The van der Waals surface area contributed by atoms with Crippen LogP contribution in [-0.2, 0) is 13.6 Å². The standard InChI is InChI=1S/C9H18BrO3P/c1-3-5-6-9(4-2)7-12-14(10,11)13-8-9/h3-8H2,1-2H3. The van der Waals surface area contributed by atoms with Gasteiger partial charge in [-0.15, -0.1) is 0 Å². The van der Waals surface area contributed by atoms with Crippen LogP contribution >= 0.6 is 21.8 Å². The molecule has 0 spiro atoms. The predicted octanol–water partition coefficient (Wildman–Crippen LogP) is 4.12. The molecule has 0 aromatic carbocycles. The van der Waals surface area contributed by atoms with E-state index in [1.165, 1.54) is 12.8 Å². The molecule has 0 atom stereocenters. The van der Waals surface area contributed by atoms with Crippen LogP contribution in [0.1, 0.15) is 39.5 Å². The molecule has 0 saturated carbocycles. The molecule has 84 valence electrons. The first-order valence-electron chi connectivity index (χ1n) is 5.12. The van der Waals surface area contributed by atoms with Gasteiger partial charge >= 0.3 is 6.30 Å². The van der Waals surface area contributed by atoms with E-state index < -0.39 is 6.30 Å². The van der Waals surface area contributed by atoms with Crippen molar-refractivity contribution >= 4 is 21.8 Å². The van der Waals surface area contributed by atoms with Gasteiger partial charge < -0.3 is 0 Å². The Morgan fingerprint density at radius 1 is 1.36 bits per heavy atom. The van der Waals surface area contributed by atoms with Crippen molar-refractivity contribution in [2.45, 2.75) is 39.5 Å². The van der Waals surface area contributed by atoms with E-state index in [1.54, 1.807) is 0 Å². The third kappa shape index (κ3) is 3.34. The number of hydrogen-bond acceptors (Lipinski definition) is 3. The molecule has 5 heteroatoms. The third-order valence-corrected chi connectivity index (χ3v) is 4.96. The van der Waals surface area contributed by atoms with Crippen LogP contribution in [0.25, 0.3) is 0 Å². The van der Waals surface area contributed by atoms with E-state index in [-0.39, 0.29) is 5.41 Å². The highest BCUT2D eigenvalue weighted by molar-refractivity contribution is 9.39. The Kier molecular flexibility index (Phi) is 4.63. The van der Waals surface area contributed by atoms with Crippen molar-refractivity contribution in [1.29, 1.82) is 0 Å². The molecule has 14 heavy (non-hydrogen) atoms. The van der Waals surface area contributed by atoms with Gasteiger partial charge in [-0.05, 0) is 12.8 Å². The second-order valence-corrected chi connectivity index (χ2v) is 7.92. The van der Waals surface area contributed by atoms with Crippen molar-refractivity contribution in [2.24, 2.45) is 5.41 Å². The van der Waals surface area contributed by atoms with Gasteiger partial charge in [0.2, 0.25) is 0 Å². The molecule has 0 amide bonds. The molecule has 1 saturated heterocycles. The van der Waals surface area contributed by atoms with Gasteiger partial charge in [-0.2, -0.15) is 0 Å². The summed E-state index contributed by atoms with van der Waals surface area (Å²) >= 11 is 2.95. The highest BCUT2D eigenvalue weighted by Gasteiger charge is 2.39. The van der Waals surface area contributed by atoms with Gasteiger partial charge in [-0.1, -0.05) is 26.7 Å². The molecule has 0 bridgehead atoms. The molecule has 1 fully saturated rings. The molecule has 0 aromatic rings. The van der Waals surface area contributed by atoms with Crippen molar-refractivity contribution in [1.82, 2.24) is 0 Å². The summed E-state index contributed by atoms with van der Waals surface area (Å²) < 4.78 is 21.8. The SMILES string of the molecule is CCCCC1(CC)COP(=O)(Br)OC1. The van der Waals surface area contributed by atoms with E-state index in [0.29, 0.717) is 13.2 Å². The maximum Gasteiger partial charge on any atom is 0.396 e. The summed E-state index contributed by atoms with van der Waals surface area (Å²) in [5.41, 5.74) is 0.0810. The first-order chi connectivity index (χ1) is 6.54. The minimum Gasteiger partial charge on any atom is -0.300 e. The highest BCUT2D eigenvalue weighted by atomic mass is 79.9. The fraction of sp³-hybridized carbons (Fsp3) is 1.00. The van der Waals surface area contributed by atoms with Crippen LogP contribution in [0, 0.1) is 5.41 Å². The van der Waals surface area contributed by atoms with Crippen molar-refractivity contribution in [3.63, 3.8) is 0 Å². The van der Waals surface area contributed by atoms with E-state index in [0.717, 1.165) is 12.8 Å². The summed E-state index contributed by atoms with van der Waals surface area (Å²) in [4.78, 5) is 0. The van der Waals surface area contributed by atoms with Crippen molar-refractivity contribution in [3.05, 3.63) is 0 Å². The van der Waals surface area contributed by atoms with Crippen LogP contribution in [0.5, 0.6) is 0 Å². The average Bonchev–Trinajstić information content (AvgIpc) is 2.18. The molecule has 1 heterocycles. The molecule has 0 aliphatic carbocycles. The zero-order chi connectivity index (χ0) is 10.7. The quantitative estimate of drug-likeness (QED) is 0.729. The normalized spacial score (nSPS) is 38.5. The molecule has 1 aliphatic rings. The Morgan fingerprint density at radius 3 is 2.36 bits per heavy atom. The van der Waals surface area contributed by atoms with Crippen molar-refractivity contribution in [2.75, 3.05) is 13.2 Å². The van der Waals surface area contributed by atoms with Crippen LogP contribution < -0.4 is 0 Å². The fourth-order valence-electron chi connectivity index (χ4n) is 1.58. The highest BCUT2D eigenvalue weighted by Crippen LogP contribution is 2.61. The van der Waals surface area contributed by atoms with Crippen LogP contribution in [-0.4, -0.2) is 13.2 Å². The van der Waals surface area contributed by atoms with Crippen LogP contribution in [0.4, 0.5) is 0 Å². The lowest BCUT2D eigenvalue weighted by molar-refractivity contribution is 0.0147. The number of unbranched alkanes of at least 4 members (excludes halogenated alkanes) is 1. The van der Waals surface area contributed by atoms with Gasteiger partial charge in [0.25, 0.3) is 0 Å². The molecule has 0 unspecified atom stereocenters. The van der Waals surface area contributed by atoms with Gasteiger partial charge in [0.1, 0.15) is 0 Å². The monoisotopic (exact) mass is 284 g/mol. The van der Waals surface area contributed by atoms with Crippen LogP contribution in [0.2, 0.25) is 0 Å². The lowest BCUT2D eigenvalue weighted by Crippen LogP contribution is -2.34. The van der Waals surface area contributed by atoms with Gasteiger partial charge in [0, 0.05) is 20.9 Å². The lowest BCUT2D eigenvalue weighted by Gasteiger charge is -2.37. The summed E-state index contributed by atoms with van der Waals surface area (Å²) in [5.74, 6) is 0. The zero-order valence-corrected chi connectivity index (χ0v) is 11.3. The Bertz CT molecular complexity index is 220. The second-order valence-electron chi connectivity index (χ2n) is 3.93. The minimum atomic E-state index is -2.90. The Labute approximate surface area is 93.8 Å². The molecule has 3 nitrogen and oxygen atoms in total. The maximum absolute atomic E-state index is 11.4. The Morgan fingerprint density at radius 2 is 1.93 bits per heavy atom. The van der Waals surface area contributed by atoms with Gasteiger partial charge in [0.05, 0.1) is 13.2 Å². The third-order valence-electron chi connectivity index (χ3n) is 2.86. The summed E-state index contributed by atoms with van der Waals surface area (Å²) in [6.45, 7) is 5.40. The number of rotatable bonds is 4. The average molecular weight is 285 g/mol. The first-order valence-corrected chi connectivity index (χ1v) is 8.68. The van der Waals surface area contributed by atoms with Crippen LogP contribution in [0.3, 0.4) is 0 Å². The lowest BCUT2D eigenvalue weighted by atomic mass is 9.82. The maximum atomic E-state index is 11.4. The van der Waals surface area contributed by atoms with E-state index in [1.807, 2.05) is 0 Å². The smallest absolute Gasteiger partial charge is 0.300 e. The predicted molar refractivity (Wildman–Crippen MR) is 60.7 cm³/mol. The second kappa shape index (κ2) is 5.11. The Balaban J connectivity index is 2.52. The fourth-order valence-corrected chi connectivity index (χ4v) is 3.13. The van der Waals surface area contributed by atoms with Gasteiger partial charge in [-0.3, -0.25) is 9.05 Å². The summed E-state index contributed by atoms with van der Waals surface area (Å²) in [6, 6.07) is 0. The van der Waals surface area contributed by atoms with E-state index in [4.69, 9.17) is 9.05 Å². The largest absolute Gasteiger partial charge is 0.396 e. The van der Waals surface area contributed by atoms with E-state index in [9.17, 15) is 4.57 Å². The number of hydrogen-bond donors (Lipinski definition) is 0. The van der Waals surface area contributed by atoms with Crippen LogP contribution in [0.15, 0.2) is 0 Å². The van der Waals surface area contributed by atoms with E-state index >= 15 is 0 Å². The van der Waals surface area contributed by atoms with Gasteiger partial charge in [-0.25, -0.2) is 4.57 Å². The number of halogens is 1. The molecule has 1 aliphatic heterocycles. The minimum absolute atomic E-state index is 0.0810. The molecule has 1 rings (SSSR count). The van der Waals surface area contributed by atoms with Gasteiger partial charge in [0.15, 0.2) is 0 Å². The Hall–Kier alpha value is 0.630. The molecule has 0 radical (unpaired) electrons. The molecular formula is C9H18BrO3P. The molecular weight excluding hydrogens is 267 g/mol. The summed E-state index contributed by atoms with van der Waals surface area (Å²) in [5, 5.41) is 0. The first kappa shape index (κ1) is 12.7. The van der Waals surface area contributed by atoms with E-state index in [2.05, 4.69) is 29.3 Å². The summed E-state index contributed by atoms with van der Waals surface area (Å²) in [6.07, 6.45) is 1.55.